The zero-order valence-corrected chi connectivity index (χ0v) is 15.3. The minimum Gasteiger partial charge on any atom is -0.480 e. The highest BCUT2D eigenvalue weighted by atomic mass is 32.2. The highest BCUT2D eigenvalue weighted by Crippen LogP contribution is 2.12. The smallest absolute Gasteiger partial charge is 0.408 e. The zero-order chi connectivity index (χ0) is 17.3. The van der Waals surface area contributed by atoms with Gasteiger partial charge in [-0.25, -0.2) is 9.59 Å². The summed E-state index contributed by atoms with van der Waals surface area (Å²) in [5.74, 6) is 1.41. The Morgan fingerprint density at radius 3 is 2.43 bits per heavy atom. The van der Waals surface area contributed by atoms with E-state index in [1.165, 1.54) is 11.5 Å². The van der Waals surface area contributed by atoms with Crippen LogP contribution in [0, 0.1) is 0 Å². The number of carboxylic acids is 1. The first-order valence-corrected chi connectivity index (χ1v) is 9.46. The Labute approximate surface area is 143 Å². The molecule has 7 heteroatoms. The van der Waals surface area contributed by atoms with Gasteiger partial charge >= 0.3 is 12.1 Å². The van der Waals surface area contributed by atoms with Crippen LogP contribution in [0.1, 0.15) is 46.5 Å². The Kier molecular flexibility index (Phi) is 8.76. The average molecular weight is 346 g/mol. The van der Waals surface area contributed by atoms with Crippen LogP contribution in [0.2, 0.25) is 0 Å². The maximum atomic E-state index is 11.7. The molecule has 1 heterocycles. The van der Waals surface area contributed by atoms with Gasteiger partial charge in [-0.2, -0.15) is 11.8 Å². The number of thioether (sulfide) groups is 1. The number of unbranched alkanes of at least 4 members (excludes halogenated alkanes) is 2. The fourth-order valence-electron chi connectivity index (χ4n) is 2.39. The number of hydrogen-bond donors (Lipinski definition) is 2. The van der Waals surface area contributed by atoms with E-state index >= 15 is 0 Å². The molecule has 0 aliphatic carbocycles. The van der Waals surface area contributed by atoms with E-state index in [4.69, 9.17) is 4.74 Å². The molecule has 1 fully saturated rings. The van der Waals surface area contributed by atoms with Crippen molar-refractivity contribution in [3.8, 4) is 0 Å². The monoisotopic (exact) mass is 346 g/mol. The van der Waals surface area contributed by atoms with E-state index in [2.05, 4.69) is 10.2 Å². The molecule has 0 aromatic rings. The Morgan fingerprint density at radius 2 is 1.87 bits per heavy atom. The van der Waals surface area contributed by atoms with Crippen molar-refractivity contribution < 1.29 is 19.4 Å². The Bertz CT molecular complexity index is 379. The molecule has 134 valence electrons. The van der Waals surface area contributed by atoms with E-state index in [0.29, 0.717) is 6.42 Å². The van der Waals surface area contributed by atoms with Crippen LogP contribution in [0.4, 0.5) is 4.79 Å². The molecule has 0 radical (unpaired) electrons. The molecule has 0 aromatic heterocycles. The van der Waals surface area contributed by atoms with Gasteiger partial charge in [0, 0.05) is 24.6 Å². The number of ether oxygens (including phenoxy) is 1. The molecular weight excluding hydrogens is 316 g/mol. The van der Waals surface area contributed by atoms with E-state index in [1.54, 1.807) is 20.8 Å². The summed E-state index contributed by atoms with van der Waals surface area (Å²) in [4.78, 5) is 25.4. The van der Waals surface area contributed by atoms with E-state index in [1.807, 2.05) is 11.8 Å². The molecule has 1 atom stereocenters. The van der Waals surface area contributed by atoms with E-state index < -0.39 is 23.7 Å². The summed E-state index contributed by atoms with van der Waals surface area (Å²) < 4.78 is 5.10. The molecule has 0 spiro atoms. The first kappa shape index (κ1) is 20.1. The van der Waals surface area contributed by atoms with Crippen molar-refractivity contribution in [3.05, 3.63) is 0 Å². The lowest BCUT2D eigenvalue weighted by Crippen LogP contribution is -2.43. The zero-order valence-electron chi connectivity index (χ0n) is 14.5. The van der Waals surface area contributed by atoms with Gasteiger partial charge in [0.1, 0.15) is 11.6 Å². The van der Waals surface area contributed by atoms with Gasteiger partial charge in [-0.1, -0.05) is 12.8 Å². The molecule has 0 aromatic carbocycles. The standard InChI is InChI=1S/C16H30N2O4S/c1-16(2,3)22-15(21)17-13(14(19)20)7-5-4-6-8-18-9-11-23-12-10-18/h13H,4-12H2,1-3H3,(H,17,21)(H,19,20)/t13-/m0/s1. The van der Waals surface area contributed by atoms with Crippen molar-refractivity contribution in [3.63, 3.8) is 0 Å². The second-order valence-electron chi connectivity index (χ2n) is 6.84. The maximum absolute atomic E-state index is 11.7. The summed E-state index contributed by atoms with van der Waals surface area (Å²) in [7, 11) is 0. The third-order valence-electron chi connectivity index (χ3n) is 3.56. The largest absolute Gasteiger partial charge is 0.480 e. The molecule has 1 saturated heterocycles. The molecule has 1 aliphatic heterocycles. The van der Waals surface area contributed by atoms with E-state index in [-0.39, 0.29) is 0 Å². The minimum atomic E-state index is -1.01. The summed E-state index contributed by atoms with van der Waals surface area (Å²) in [5, 5.41) is 11.6. The average Bonchev–Trinajstić information content (AvgIpc) is 2.44. The molecule has 1 aliphatic rings. The number of carbonyl (C=O) groups excluding carboxylic acids is 1. The van der Waals surface area contributed by atoms with Gasteiger partial charge in [-0.3, -0.25) is 0 Å². The van der Waals surface area contributed by atoms with Crippen LogP contribution in [-0.4, -0.2) is 64.9 Å². The van der Waals surface area contributed by atoms with Crippen molar-refractivity contribution >= 4 is 23.8 Å². The summed E-state index contributed by atoms with van der Waals surface area (Å²) in [6, 6.07) is -0.878. The number of rotatable bonds is 8. The molecule has 6 nitrogen and oxygen atoms in total. The summed E-state index contributed by atoms with van der Waals surface area (Å²) in [6.45, 7) is 8.65. The Balaban J connectivity index is 2.20. The summed E-state index contributed by atoms with van der Waals surface area (Å²) in [5.41, 5.74) is -0.625. The summed E-state index contributed by atoms with van der Waals surface area (Å²) >= 11 is 2.00. The number of nitrogens with one attached hydrogen (secondary N) is 1. The van der Waals surface area contributed by atoms with Crippen LogP contribution >= 0.6 is 11.8 Å². The predicted octanol–water partition coefficient (Wildman–Crippen LogP) is 2.57. The molecule has 1 rings (SSSR count). The number of carbonyl (C=O) groups is 2. The van der Waals surface area contributed by atoms with Crippen LogP contribution in [0.5, 0.6) is 0 Å². The van der Waals surface area contributed by atoms with Crippen molar-refractivity contribution in [1.82, 2.24) is 10.2 Å². The lowest BCUT2D eigenvalue weighted by atomic mass is 10.1. The number of carboxylic acid groups (broad SMARTS) is 1. The van der Waals surface area contributed by atoms with Gasteiger partial charge in [0.05, 0.1) is 0 Å². The third-order valence-corrected chi connectivity index (χ3v) is 4.50. The van der Waals surface area contributed by atoms with Crippen LogP contribution in [0.25, 0.3) is 0 Å². The van der Waals surface area contributed by atoms with Crippen molar-refractivity contribution in [2.45, 2.75) is 58.1 Å². The highest BCUT2D eigenvalue weighted by molar-refractivity contribution is 7.99. The first-order valence-electron chi connectivity index (χ1n) is 8.30. The molecule has 1 amide bonds. The minimum absolute atomic E-state index is 0.435. The second-order valence-corrected chi connectivity index (χ2v) is 8.07. The molecule has 2 N–H and O–H groups in total. The van der Waals surface area contributed by atoms with Gasteiger partial charge in [0.25, 0.3) is 0 Å². The van der Waals surface area contributed by atoms with E-state index in [9.17, 15) is 14.7 Å². The van der Waals surface area contributed by atoms with Gasteiger partial charge in [0.15, 0.2) is 0 Å². The topological polar surface area (TPSA) is 78.9 Å². The van der Waals surface area contributed by atoms with Gasteiger partial charge in [0.2, 0.25) is 0 Å². The lowest BCUT2D eigenvalue weighted by Gasteiger charge is -2.26. The van der Waals surface area contributed by atoms with E-state index in [0.717, 1.165) is 38.9 Å². The fraction of sp³-hybridized carbons (Fsp3) is 0.875. The normalized spacial score (nSPS) is 17.5. The van der Waals surface area contributed by atoms with Crippen LogP contribution in [0.15, 0.2) is 0 Å². The third kappa shape index (κ3) is 9.71. The van der Waals surface area contributed by atoms with Crippen molar-refractivity contribution in [2.24, 2.45) is 0 Å². The highest BCUT2D eigenvalue weighted by Gasteiger charge is 2.23. The number of alkyl carbamates (subject to hydrolysis) is 1. The molecule has 23 heavy (non-hydrogen) atoms. The lowest BCUT2D eigenvalue weighted by molar-refractivity contribution is -0.139. The molecule has 0 saturated carbocycles. The molecule has 0 unspecified atom stereocenters. The Morgan fingerprint density at radius 1 is 1.22 bits per heavy atom. The van der Waals surface area contributed by atoms with Gasteiger partial charge in [-0.05, 0) is 40.2 Å². The van der Waals surface area contributed by atoms with Crippen LogP contribution < -0.4 is 5.32 Å². The van der Waals surface area contributed by atoms with Crippen molar-refractivity contribution in [1.29, 1.82) is 0 Å². The summed E-state index contributed by atoms with van der Waals surface area (Å²) in [6.07, 6.45) is 2.60. The van der Waals surface area contributed by atoms with Crippen LogP contribution in [-0.2, 0) is 9.53 Å². The van der Waals surface area contributed by atoms with Gasteiger partial charge in [-0.15, -0.1) is 0 Å². The SMILES string of the molecule is CC(C)(C)OC(=O)N[C@@H](CCCCCN1CCSCC1)C(=O)O. The second kappa shape index (κ2) is 10.0. The number of amides is 1. The van der Waals surface area contributed by atoms with Gasteiger partial charge < -0.3 is 20.1 Å². The number of nitrogens with zero attached hydrogens (tertiary/aromatic N) is 1. The number of aliphatic carboxylic acids is 1. The van der Waals surface area contributed by atoms with Crippen LogP contribution in [0.3, 0.4) is 0 Å². The quantitative estimate of drug-likeness (QED) is 0.658. The maximum Gasteiger partial charge on any atom is 0.408 e. The number of hydrogen-bond acceptors (Lipinski definition) is 5. The predicted molar refractivity (Wildman–Crippen MR) is 93.0 cm³/mol. The molecular formula is C16H30N2O4S. The molecule has 0 bridgehead atoms. The Hall–Kier alpha value is -0.950. The fourth-order valence-corrected chi connectivity index (χ4v) is 3.37. The van der Waals surface area contributed by atoms with Crippen molar-refractivity contribution in [2.75, 3.05) is 31.1 Å². The first-order chi connectivity index (χ1) is 10.8.